The van der Waals surface area contributed by atoms with E-state index < -0.39 is 0 Å². The summed E-state index contributed by atoms with van der Waals surface area (Å²) in [4.78, 5) is 29.9. The Balaban J connectivity index is 1.40. The Kier molecular flexibility index (Phi) is 5.08. The van der Waals surface area contributed by atoms with E-state index in [2.05, 4.69) is 0 Å². The molecule has 0 saturated carbocycles. The number of carbonyl (C=O) groups is 2. The van der Waals surface area contributed by atoms with Gasteiger partial charge in [0.15, 0.2) is 0 Å². The van der Waals surface area contributed by atoms with Crippen LogP contribution in [0.15, 0.2) is 24.3 Å². The van der Waals surface area contributed by atoms with Gasteiger partial charge in [-0.15, -0.1) is 0 Å². The Morgan fingerprint density at radius 1 is 1.26 bits per heavy atom. The highest BCUT2D eigenvalue weighted by Gasteiger charge is 2.51. The predicted molar refractivity (Wildman–Crippen MR) is 100 cm³/mol. The number of hydrogen-bond acceptors (Lipinski definition) is 4. The summed E-state index contributed by atoms with van der Waals surface area (Å²) in [6, 6.07) is 7.87. The average Bonchev–Trinajstić information content (AvgIpc) is 3.28. The lowest BCUT2D eigenvalue weighted by molar-refractivity contribution is -0.139. The molecular weight excluding hydrogens is 344 g/mol. The summed E-state index contributed by atoms with van der Waals surface area (Å²) in [6.07, 6.45) is 3.24. The van der Waals surface area contributed by atoms with E-state index in [0.29, 0.717) is 32.8 Å². The lowest BCUT2D eigenvalue weighted by Crippen LogP contribution is -2.41. The second-order valence-corrected chi connectivity index (χ2v) is 8.01. The molecule has 3 aliphatic heterocycles. The molecule has 3 heterocycles. The minimum Gasteiger partial charge on any atom is -0.497 e. The van der Waals surface area contributed by atoms with Crippen molar-refractivity contribution in [3.05, 3.63) is 29.8 Å². The van der Waals surface area contributed by atoms with Gasteiger partial charge in [-0.05, 0) is 43.4 Å². The Hall–Kier alpha value is -2.08. The van der Waals surface area contributed by atoms with Crippen LogP contribution in [0.1, 0.15) is 31.2 Å². The molecule has 1 unspecified atom stereocenters. The van der Waals surface area contributed by atoms with Crippen LogP contribution in [0.4, 0.5) is 0 Å². The largest absolute Gasteiger partial charge is 0.497 e. The van der Waals surface area contributed by atoms with Gasteiger partial charge in [-0.3, -0.25) is 9.59 Å². The van der Waals surface area contributed by atoms with Crippen LogP contribution in [0, 0.1) is 11.3 Å². The molecule has 0 radical (unpaired) electrons. The van der Waals surface area contributed by atoms with Gasteiger partial charge in [-0.25, -0.2) is 0 Å². The molecule has 4 rings (SSSR count). The lowest BCUT2D eigenvalue weighted by atomic mass is 9.85. The minimum atomic E-state index is -0.375. The molecule has 27 heavy (non-hydrogen) atoms. The summed E-state index contributed by atoms with van der Waals surface area (Å²) < 4.78 is 10.7. The van der Waals surface area contributed by atoms with Crippen LogP contribution < -0.4 is 4.74 Å². The predicted octanol–water partition coefficient (Wildman–Crippen LogP) is 2.07. The van der Waals surface area contributed by atoms with Crippen molar-refractivity contribution in [1.82, 2.24) is 9.80 Å². The molecule has 3 aliphatic rings. The fourth-order valence-electron chi connectivity index (χ4n) is 4.68. The molecule has 1 atom stereocenters. The maximum Gasteiger partial charge on any atom is 0.231 e. The molecule has 0 aromatic heterocycles. The standard InChI is InChI=1S/C21H28N2O4/c1-26-18-4-2-3-16(13-18)14-22-9-7-21(20(22)25)8-10-23(15-21)19(24)17-5-11-27-12-6-17/h2-4,13,17H,5-12,14-15H2,1H3. The number of benzene rings is 1. The fraction of sp³-hybridized carbons (Fsp3) is 0.619. The highest BCUT2D eigenvalue weighted by atomic mass is 16.5. The topological polar surface area (TPSA) is 59.1 Å². The van der Waals surface area contributed by atoms with Gasteiger partial charge in [0, 0.05) is 45.3 Å². The molecule has 1 aromatic carbocycles. The third-order valence-corrected chi connectivity index (χ3v) is 6.34. The average molecular weight is 372 g/mol. The van der Waals surface area contributed by atoms with E-state index in [1.807, 2.05) is 34.1 Å². The molecular formula is C21H28N2O4. The van der Waals surface area contributed by atoms with Gasteiger partial charge in [-0.1, -0.05) is 12.1 Å². The monoisotopic (exact) mass is 372 g/mol. The first-order chi connectivity index (χ1) is 13.1. The van der Waals surface area contributed by atoms with Gasteiger partial charge in [0.05, 0.1) is 12.5 Å². The van der Waals surface area contributed by atoms with Crippen molar-refractivity contribution in [1.29, 1.82) is 0 Å². The number of carbonyl (C=O) groups excluding carboxylic acids is 2. The SMILES string of the molecule is COc1cccc(CN2CCC3(CCN(C(=O)C4CCOCC4)C3)C2=O)c1. The van der Waals surface area contributed by atoms with Crippen molar-refractivity contribution < 1.29 is 19.1 Å². The molecule has 1 spiro atoms. The zero-order valence-electron chi connectivity index (χ0n) is 16.0. The zero-order valence-corrected chi connectivity index (χ0v) is 16.0. The third-order valence-electron chi connectivity index (χ3n) is 6.34. The second-order valence-electron chi connectivity index (χ2n) is 8.01. The number of nitrogens with zero attached hydrogens (tertiary/aromatic N) is 2. The van der Waals surface area contributed by atoms with Crippen molar-refractivity contribution in [3.63, 3.8) is 0 Å². The van der Waals surface area contributed by atoms with Gasteiger partial charge in [0.25, 0.3) is 0 Å². The number of likely N-dealkylation sites (tertiary alicyclic amines) is 2. The van der Waals surface area contributed by atoms with Gasteiger partial charge < -0.3 is 19.3 Å². The summed E-state index contributed by atoms with van der Waals surface area (Å²) >= 11 is 0. The van der Waals surface area contributed by atoms with Crippen molar-refractivity contribution in [2.24, 2.45) is 11.3 Å². The molecule has 3 fully saturated rings. The molecule has 1 aromatic rings. The highest BCUT2D eigenvalue weighted by molar-refractivity contribution is 5.87. The number of hydrogen-bond donors (Lipinski definition) is 0. The summed E-state index contributed by atoms with van der Waals surface area (Å²) in [7, 11) is 1.65. The van der Waals surface area contributed by atoms with Crippen molar-refractivity contribution in [2.45, 2.75) is 32.2 Å². The van der Waals surface area contributed by atoms with E-state index in [-0.39, 0.29) is 23.1 Å². The molecule has 0 bridgehead atoms. The fourth-order valence-corrected chi connectivity index (χ4v) is 4.68. The number of ether oxygens (including phenoxy) is 2. The zero-order chi connectivity index (χ0) is 18.9. The maximum absolute atomic E-state index is 13.2. The summed E-state index contributed by atoms with van der Waals surface area (Å²) in [5, 5.41) is 0. The van der Waals surface area contributed by atoms with E-state index >= 15 is 0 Å². The Bertz CT molecular complexity index is 716. The first-order valence-corrected chi connectivity index (χ1v) is 9.90. The highest BCUT2D eigenvalue weighted by Crippen LogP contribution is 2.42. The van der Waals surface area contributed by atoms with Gasteiger partial charge >= 0.3 is 0 Å². The van der Waals surface area contributed by atoms with Gasteiger partial charge in [0.1, 0.15) is 5.75 Å². The third kappa shape index (κ3) is 3.55. The van der Waals surface area contributed by atoms with Crippen LogP contribution in [0.25, 0.3) is 0 Å². The van der Waals surface area contributed by atoms with E-state index in [9.17, 15) is 9.59 Å². The van der Waals surface area contributed by atoms with Crippen LogP contribution in [-0.4, -0.2) is 61.6 Å². The molecule has 2 amide bonds. The number of amides is 2. The number of methoxy groups -OCH3 is 1. The summed E-state index contributed by atoms with van der Waals surface area (Å²) in [5.74, 6) is 1.29. The lowest BCUT2D eigenvalue weighted by Gasteiger charge is -2.28. The van der Waals surface area contributed by atoms with Crippen LogP contribution in [0.3, 0.4) is 0 Å². The molecule has 146 valence electrons. The second kappa shape index (κ2) is 7.50. The van der Waals surface area contributed by atoms with E-state index in [4.69, 9.17) is 9.47 Å². The first kappa shape index (κ1) is 18.3. The maximum atomic E-state index is 13.2. The van der Waals surface area contributed by atoms with Crippen LogP contribution in [0.5, 0.6) is 5.75 Å². The molecule has 6 heteroatoms. The first-order valence-electron chi connectivity index (χ1n) is 9.90. The van der Waals surface area contributed by atoms with Gasteiger partial charge in [-0.2, -0.15) is 0 Å². The van der Waals surface area contributed by atoms with E-state index in [1.54, 1.807) is 7.11 Å². The van der Waals surface area contributed by atoms with Crippen LogP contribution in [0.2, 0.25) is 0 Å². The van der Waals surface area contributed by atoms with E-state index in [1.165, 1.54) is 0 Å². The van der Waals surface area contributed by atoms with Crippen LogP contribution in [-0.2, 0) is 20.9 Å². The normalized spacial score (nSPS) is 26.2. The summed E-state index contributed by atoms with van der Waals surface area (Å²) in [6.45, 7) is 3.98. The Morgan fingerprint density at radius 2 is 2.04 bits per heavy atom. The molecule has 0 N–H and O–H groups in total. The van der Waals surface area contributed by atoms with Crippen molar-refractivity contribution in [2.75, 3.05) is 40.0 Å². The molecule has 0 aliphatic carbocycles. The van der Waals surface area contributed by atoms with Crippen LogP contribution >= 0.6 is 0 Å². The molecule has 6 nitrogen and oxygen atoms in total. The van der Waals surface area contributed by atoms with Gasteiger partial charge in [0.2, 0.25) is 11.8 Å². The molecule has 3 saturated heterocycles. The number of rotatable bonds is 4. The van der Waals surface area contributed by atoms with Crippen molar-refractivity contribution >= 4 is 11.8 Å². The Morgan fingerprint density at radius 3 is 2.81 bits per heavy atom. The van der Waals surface area contributed by atoms with Crippen molar-refractivity contribution in [3.8, 4) is 5.75 Å². The minimum absolute atomic E-state index is 0.0679. The van der Waals surface area contributed by atoms with E-state index in [0.717, 1.165) is 43.5 Å². The quantitative estimate of drug-likeness (QED) is 0.812. The summed E-state index contributed by atoms with van der Waals surface area (Å²) in [5.41, 5.74) is 0.701. The Labute approximate surface area is 160 Å². The smallest absolute Gasteiger partial charge is 0.231 e.